The molecule has 0 atom stereocenters. The van der Waals surface area contributed by atoms with E-state index in [1.165, 1.54) is 17.8 Å². The summed E-state index contributed by atoms with van der Waals surface area (Å²) >= 11 is 1.49. The Morgan fingerprint density at radius 2 is 2.07 bits per heavy atom. The lowest BCUT2D eigenvalue weighted by atomic mass is 10.0. The van der Waals surface area contributed by atoms with E-state index in [0.717, 1.165) is 5.75 Å². The molecule has 0 fully saturated rings. The van der Waals surface area contributed by atoms with Crippen molar-refractivity contribution in [1.29, 1.82) is 5.26 Å². The zero-order chi connectivity index (χ0) is 11.5. The molecule has 0 saturated heterocycles. The summed E-state index contributed by atoms with van der Waals surface area (Å²) in [6, 6.07) is 6.52. The van der Waals surface area contributed by atoms with Gasteiger partial charge in [0.1, 0.15) is 5.82 Å². The summed E-state index contributed by atoms with van der Waals surface area (Å²) in [5.41, 5.74) is 0.540. The summed E-state index contributed by atoms with van der Waals surface area (Å²) in [5.74, 6) is 0.554. The van der Waals surface area contributed by atoms with Crippen molar-refractivity contribution in [3.63, 3.8) is 0 Å². The number of rotatable bonds is 2. The van der Waals surface area contributed by atoms with Crippen LogP contribution in [0.5, 0.6) is 0 Å². The monoisotopic (exact) mass is 223 g/mol. The van der Waals surface area contributed by atoms with Crippen molar-refractivity contribution in [1.82, 2.24) is 0 Å². The van der Waals surface area contributed by atoms with Gasteiger partial charge in [0.2, 0.25) is 0 Å². The topological polar surface area (TPSA) is 23.8 Å². The highest BCUT2D eigenvalue weighted by atomic mass is 32.2. The van der Waals surface area contributed by atoms with Gasteiger partial charge >= 0.3 is 0 Å². The van der Waals surface area contributed by atoms with Gasteiger partial charge in [0.15, 0.2) is 0 Å². The van der Waals surface area contributed by atoms with Crippen LogP contribution in [0.25, 0.3) is 0 Å². The third kappa shape index (κ3) is 3.93. The van der Waals surface area contributed by atoms with E-state index in [-0.39, 0.29) is 11.2 Å². The highest BCUT2D eigenvalue weighted by Crippen LogP contribution is 2.29. The third-order valence-corrected chi connectivity index (χ3v) is 3.37. The van der Waals surface area contributed by atoms with Crippen LogP contribution in [0.2, 0.25) is 0 Å². The average Bonchev–Trinajstić information content (AvgIpc) is 2.14. The molecule has 0 unspecified atom stereocenters. The SMILES string of the molecule is CC(C)(C)CSc1ccc(C#N)cc1F. The summed E-state index contributed by atoms with van der Waals surface area (Å²) in [6.45, 7) is 6.34. The van der Waals surface area contributed by atoms with E-state index < -0.39 is 0 Å². The van der Waals surface area contributed by atoms with Crippen LogP contribution in [0.3, 0.4) is 0 Å². The van der Waals surface area contributed by atoms with Gasteiger partial charge in [0, 0.05) is 10.6 Å². The largest absolute Gasteiger partial charge is 0.206 e. The normalized spacial score (nSPS) is 11.1. The van der Waals surface area contributed by atoms with E-state index in [9.17, 15) is 4.39 Å². The van der Waals surface area contributed by atoms with Crippen molar-refractivity contribution in [2.45, 2.75) is 25.7 Å². The fourth-order valence-electron chi connectivity index (χ4n) is 0.982. The predicted molar refractivity (Wildman–Crippen MR) is 61.3 cm³/mol. The molecule has 15 heavy (non-hydrogen) atoms. The Hall–Kier alpha value is -1.01. The van der Waals surface area contributed by atoms with Crippen LogP contribution in [-0.4, -0.2) is 5.75 Å². The number of nitrogens with zero attached hydrogens (tertiary/aromatic N) is 1. The molecule has 0 spiro atoms. The van der Waals surface area contributed by atoms with Gasteiger partial charge < -0.3 is 0 Å². The van der Waals surface area contributed by atoms with Gasteiger partial charge in [-0.25, -0.2) is 4.39 Å². The lowest BCUT2D eigenvalue weighted by molar-refractivity contribution is 0.480. The Labute approximate surface area is 94.3 Å². The minimum absolute atomic E-state index is 0.172. The van der Waals surface area contributed by atoms with Crippen molar-refractivity contribution in [3.8, 4) is 6.07 Å². The molecular weight excluding hydrogens is 209 g/mol. The zero-order valence-corrected chi connectivity index (χ0v) is 9.99. The maximum Gasteiger partial charge on any atom is 0.138 e. The van der Waals surface area contributed by atoms with E-state index in [0.29, 0.717) is 10.5 Å². The molecule has 0 aliphatic rings. The molecule has 0 N–H and O–H groups in total. The minimum Gasteiger partial charge on any atom is -0.206 e. The average molecular weight is 223 g/mol. The molecule has 0 amide bonds. The van der Waals surface area contributed by atoms with E-state index in [1.54, 1.807) is 12.1 Å². The second-order valence-electron chi connectivity index (χ2n) is 4.61. The van der Waals surface area contributed by atoms with E-state index >= 15 is 0 Å². The molecule has 0 aliphatic carbocycles. The Morgan fingerprint density at radius 3 is 2.53 bits per heavy atom. The second-order valence-corrected chi connectivity index (χ2v) is 5.62. The van der Waals surface area contributed by atoms with Gasteiger partial charge in [0.05, 0.1) is 11.6 Å². The molecular formula is C12H14FNS. The fourth-order valence-corrected chi connectivity index (χ4v) is 1.93. The van der Waals surface area contributed by atoms with Crippen LogP contribution in [0.15, 0.2) is 23.1 Å². The highest BCUT2D eigenvalue weighted by Gasteiger charge is 2.12. The first-order valence-corrected chi connectivity index (χ1v) is 5.73. The molecule has 80 valence electrons. The van der Waals surface area contributed by atoms with E-state index in [1.807, 2.05) is 6.07 Å². The number of hydrogen-bond acceptors (Lipinski definition) is 2. The van der Waals surface area contributed by atoms with Gasteiger partial charge in [-0.15, -0.1) is 11.8 Å². The van der Waals surface area contributed by atoms with Crippen molar-refractivity contribution in [2.24, 2.45) is 5.41 Å². The Bertz CT molecular complexity index is 388. The smallest absolute Gasteiger partial charge is 0.138 e. The first-order valence-electron chi connectivity index (χ1n) is 4.75. The van der Waals surface area contributed by atoms with Crippen LogP contribution in [-0.2, 0) is 0 Å². The Kier molecular flexibility index (Phi) is 3.76. The number of halogens is 1. The van der Waals surface area contributed by atoms with Crippen molar-refractivity contribution >= 4 is 11.8 Å². The molecule has 1 aromatic carbocycles. The fraction of sp³-hybridized carbons (Fsp3) is 0.417. The van der Waals surface area contributed by atoms with Gasteiger partial charge in [-0.05, 0) is 23.6 Å². The molecule has 0 saturated carbocycles. The summed E-state index contributed by atoms with van der Waals surface area (Å²) < 4.78 is 13.4. The van der Waals surface area contributed by atoms with Crippen LogP contribution in [0.4, 0.5) is 4.39 Å². The van der Waals surface area contributed by atoms with Gasteiger partial charge in [0.25, 0.3) is 0 Å². The van der Waals surface area contributed by atoms with Gasteiger partial charge in [-0.3, -0.25) is 0 Å². The molecule has 3 heteroatoms. The van der Waals surface area contributed by atoms with Crippen molar-refractivity contribution in [2.75, 3.05) is 5.75 Å². The summed E-state index contributed by atoms with van der Waals surface area (Å²) in [4.78, 5) is 0.615. The first kappa shape index (κ1) is 12.1. The highest BCUT2D eigenvalue weighted by molar-refractivity contribution is 7.99. The Morgan fingerprint density at radius 1 is 1.40 bits per heavy atom. The van der Waals surface area contributed by atoms with E-state index in [4.69, 9.17) is 5.26 Å². The van der Waals surface area contributed by atoms with Gasteiger partial charge in [-0.1, -0.05) is 20.8 Å². The van der Waals surface area contributed by atoms with Crippen LogP contribution in [0, 0.1) is 22.6 Å². The maximum atomic E-state index is 13.4. The lowest BCUT2D eigenvalue weighted by Crippen LogP contribution is -2.08. The van der Waals surface area contributed by atoms with Crippen LogP contribution < -0.4 is 0 Å². The van der Waals surface area contributed by atoms with Crippen molar-refractivity contribution in [3.05, 3.63) is 29.6 Å². The minimum atomic E-state index is -0.302. The zero-order valence-electron chi connectivity index (χ0n) is 9.17. The Balaban J connectivity index is 2.76. The number of benzene rings is 1. The predicted octanol–water partition coefficient (Wildman–Crippen LogP) is 3.84. The quantitative estimate of drug-likeness (QED) is 0.711. The van der Waals surface area contributed by atoms with Gasteiger partial charge in [-0.2, -0.15) is 5.26 Å². The lowest BCUT2D eigenvalue weighted by Gasteiger charge is -2.17. The third-order valence-electron chi connectivity index (χ3n) is 1.72. The molecule has 1 rings (SSSR count). The number of hydrogen-bond donors (Lipinski definition) is 0. The molecule has 0 aromatic heterocycles. The number of thioether (sulfide) groups is 1. The van der Waals surface area contributed by atoms with Crippen LogP contribution in [0.1, 0.15) is 26.3 Å². The summed E-state index contributed by atoms with van der Waals surface area (Å²) in [6.07, 6.45) is 0. The summed E-state index contributed by atoms with van der Waals surface area (Å²) in [5, 5.41) is 8.59. The van der Waals surface area contributed by atoms with Crippen molar-refractivity contribution < 1.29 is 4.39 Å². The summed E-state index contributed by atoms with van der Waals surface area (Å²) in [7, 11) is 0. The molecule has 1 aromatic rings. The standard InChI is InChI=1S/C12H14FNS/c1-12(2,3)8-15-11-5-4-9(7-14)6-10(11)13/h4-6H,8H2,1-3H3. The number of nitriles is 1. The molecule has 1 nitrogen and oxygen atoms in total. The van der Waals surface area contributed by atoms with Crippen LogP contribution >= 0.6 is 11.8 Å². The molecule has 0 bridgehead atoms. The maximum absolute atomic E-state index is 13.4. The second kappa shape index (κ2) is 4.67. The van der Waals surface area contributed by atoms with E-state index in [2.05, 4.69) is 20.8 Å². The first-order chi connectivity index (χ1) is 6.92. The molecule has 0 aliphatic heterocycles. The molecule has 0 radical (unpaired) electrons. The molecule has 0 heterocycles.